The molecule has 1 aliphatic rings. The van der Waals surface area contributed by atoms with Gasteiger partial charge in [-0.05, 0) is 43.4 Å². The summed E-state index contributed by atoms with van der Waals surface area (Å²) in [6, 6.07) is 10.5. The van der Waals surface area contributed by atoms with E-state index in [2.05, 4.69) is 26.5 Å². The number of halogens is 1. The van der Waals surface area contributed by atoms with Crippen LogP contribution in [-0.2, 0) is 11.3 Å². The number of hydrogen-bond donors (Lipinski definition) is 1. The van der Waals surface area contributed by atoms with E-state index in [1.807, 2.05) is 24.7 Å². The van der Waals surface area contributed by atoms with Crippen LogP contribution >= 0.6 is 0 Å². The van der Waals surface area contributed by atoms with Gasteiger partial charge in [0, 0.05) is 42.0 Å². The van der Waals surface area contributed by atoms with E-state index in [1.165, 1.54) is 12.1 Å². The standard InChI is InChI=1S/C22H22FN5O/c1-27-10-11-29-17(12-27)13-28-14-26-20(15-2-4-16(23)5-3-15)21(28)18-6-8-24-22-19(18)7-9-25-22/h2-9,14,17H,10-13H2,1H3,(H,24,25). The van der Waals surface area contributed by atoms with Crippen molar-refractivity contribution < 1.29 is 9.13 Å². The molecule has 7 heteroatoms. The van der Waals surface area contributed by atoms with Crippen molar-refractivity contribution in [2.45, 2.75) is 12.6 Å². The average Bonchev–Trinajstić information content (AvgIpc) is 3.36. The lowest BCUT2D eigenvalue weighted by molar-refractivity contribution is -0.0272. The number of aromatic amines is 1. The average molecular weight is 391 g/mol. The molecule has 148 valence electrons. The van der Waals surface area contributed by atoms with Gasteiger partial charge in [-0.15, -0.1) is 0 Å². The predicted molar refractivity (Wildman–Crippen MR) is 110 cm³/mol. The molecule has 1 unspecified atom stereocenters. The Bertz CT molecular complexity index is 1130. The molecule has 1 aromatic carbocycles. The Kier molecular flexibility index (Phi) is 4.61. The van der Waals surface area contributed by atoms with Gasteiger partial charge in [-0.2, -0.15) is 0 Å². The summed E-state index contributed by atoms with van der Waals surface area (Å²) in [7, 11) is 2.11. The first-order valence-corrected chi connectivity index (χ1v) is 9.73. The number of imidazole rings is 1. The van der Waals surface area contributed by atoms with Crippen molar-refractivity contribution in [2.75, 3.05) is 26.7 Å². The van der Waals surface area contributed by atoms with Gasteiger partial charge in [0.15, 0.2) is 0 Å². The summed E-state index contributed by atoms with van der Waals surface area (Å²) in [6.07, 6.45) is 5.63. The zero-order valence-electron chi connectivity index (χ0n) is 16.2. The van der Waals surface area contributed by atoms with Crippen molar-refractivity contribution in [2.24, 2.45) is 0 Å². The molecule has 4 aromatic rings. The largest absolute Gasteiger partial charge is 0.374 e. The highest BCUT2D eigenvalue weighted by atomic mass is 19.1. The van der Waals surface area contributed by atoms with E-state index in [4.69, 9.17) is 9.72 Å². The Morgan fingerprint density at radius 2 is 2.03 bits per heavy atom. The molecule has 0 bridgehead atoms. The lowest BCUT2D eigenvalue weighted by Gasteiger charge is -2.30. The second-order valence-electron chi connectivity index (χ2n) is 7.45. The smallest absolute Gasteiger partial charge is 0.137 e. The van der Waals surface area contributed by atoms with E-state index >= 15 is 0 Å². The molecule has 1 atom stereocenters. The fourth-order valence-corrected chi connectivity index (χ4v) is 3.99. The van der Waals surface area contributed by atoms with Gasteiger partial charge in [0.05, 0.1) is 37.0 Å². The minimum Gasteiger partial charge on any atom is -0.374 e. The summed E-state index contributed by atoms with van der Waals surface area (Å²) in [5.41, 5.74) is 4.55. The van der Waals surface area contributed by atoms with Gasteiger partial charge in [-0.3, -0.25) is 0 Å². The maximum atomic E-state index is 13.5. The number of nitrogens with one attached hydrogen (secondary N) is 1. The van der Waals surface area contributed by atoms with Crippen molar-refractivity contribution in [3.8, 4) is 22.5 Å². The van der Waals surface area contributed by atoms with E-state index < -0.39 is 0 Å². The Morgan fingerprint density at radius 1 is 1.17 bits per heavy atom. The number of pyridine rings is 1. The normalized spacial score (nSPS) is 17.8. The molecule has 1 fully saturated rings. The van der Waals surface area contributed by atoms with Crippen LogP contribution in [0, 0.1) is 5.82 Å². The molecule has 0 amide bonds. The topological polar surface area (TPSA) is 59.0 Å². The van der Waals surface area contributed by atoms with Gasteiger partial charge in [0.2, 0.25) is 0 Å². The molecule has 1 aliphatic heterocycles. The van der Waals surface area contributed by atoms with E-state index in [9.17, 15) is 4.39 Å². The SMILES string of the molecule is CN1CCOC(Cn2cnc(-c3ccc(F)cc3)c2-c2ccnc3[nH]ccc23)C1. The second kappa shape index (κ2) is 7.42. The third-order valence-corrected chi connectivity index (χ3v) is 5.41. The van der Waals surface area contributed by atoms with Crippen molar-refractivity contribution in [3.63, 3.8) is 0 Å². The quantitative estimate of drug-likeness (QED) is 0.578. The van der Waals surface area contributed by atoms with Crippen LogP contribution < -0.4 is 0 Å². The zero-order valence-corrected chi connectivity index (χ0v) is 16.2. The lowest BCUT2D eigenvalue weighted by atomic mass is 10.0. The molecule has 1 N–H and O–H groups in total. The number of hydrogen-bond acceptors (Lipinski definition) is 4. The van der Waals surface area contributed by atoms with Crippen LogP contribution in [0.2, 0.25) is 0 Å². The minimum absolute atomic E-state index is 0.0892. The van der Waals surface area contributed by atoms with Gasteiger partial charge in [-0.25, -0.2) is 14.4 Å². The van der Waals surface area contributed by atoms with Crippen LogP contribution in [0.25, 0.3) is 33.5 Å². The second-order valence-corrected chi connectivity index (χ2v) is 7.45. The molecule has 0 spiro atoms. The van der Waals surface area contributed by atoms with Crippen LogP contribution in [0.3, 0.4) is 0 Å². The van der Waals surface area contributed by atoms with Gasteiger partial charge >= 0.3 is 0 Å². The van der Waals surface area contributed by atoms with E-state index in [-0.39, 0.29) is 11.9 Å². The molecule has 29 heavy (non-hydrogen) atoms. The monoisotopic (exact) mass is 391 g/mol. The van der Waals surface area contributed by atoms with Crippen LogP contribution in [0.5, 0.6) is 0 Å². The minimum atomic E-state index is -0.259. The maximum absolute atomic E-state index is 13.5. The molecule has 3 aromatic heterocycles. The zero-order chi connectivity index (χ0) is 19.8. The highest BCUT2D eigenvalue weighted by Gasteiger charge is 2.23. The number of benzene rings is 1. The third-order valence-electron chi connectivity index (χ3n) is 5.41. The van der Waals surface area contributed by atoms with Crippen molar-refractivity contribution in [1.82, 2.24) is 24.4 Å². The van der Waals surface area contributed by atoms with Crippen LogP contribution in [0.4, 0.5) is 4.39 Å². The Labute approximate surface area is 168 Å². The van der Waals surface area contributed by atoms with Gasteiger partial charge in [-0.1, -0.05) is 0 Å². The molecule has 0 saturated carbocycles. The molecular weight excluding hydrogens is 369 g/mol. The number of H-pyrrole nitrogens is 1. The molecule has 4 heterocycles. The summed E-state index contributed by atoms with van der Waals surface area (Å²) >= 11 is 0. The molecule has 6 nitrogen and oxygen atoms in total. The first-order valence-electron chi connectivity index (χ1n) is 9.73. The molecule has 0 aliphatic carbocycles. The number of aromatic nitrogens is 4. The lowest BCUT2D eigenvalue weighted by Crippen LogP contribution is -2.41. The molecule has 1 saturated heterocycles. The number of rotatable bonds is 4. The van der Waals surface area contributed by atoms with Crippen molar-refractivity contribution >= 4 is 11.0 Å². The Hall–Kier alpha value is -3.03. The summed E-state index contributed by atoms with van der Waals surface area (Å²) in [5.74, 6) is -0.259. The predicted octanol–water partition coefficient (Wildman–Crippen LogP) is 3.56. The van der Waals surface area contributed by atoms with Crippen molar-refractivity contribution in [3.05, 3.63) is 60.9 Å². The summed E-state index contributed by atoms with van der Waals surface area (Å²) < 4.78 is 21.6. The van der Waals surface area contributed by atoms with Crippen LogP contribution in [-0.4, -0.2) is 57.3 Å². The van der Waals surface area contributed by atoms with Gasteiger partial charge in [0.25, 0.3) is 0 Å². The first-order chi connectivity index (χ1) is 14.2. The highest BCUT2D eigenvalue weighted by molar-refractivity contribution is 5.95. The number of fused-ring (bicyclic) bond motifs is 1. The van der Waals surface area contributed by atoms with E-state index in [0.29, 0.717) is 6.54 Å². The Morgan fingerprint density at radius 3 is 2.86 bits per heavy atom. The highest BCUT2D eigenvalue weighted by Crippen LogP contribution is 2.35. The van der Waals surface area contributed by atoms with E-state index in [1.54, 1.807) is 18.3 Å². The number of ether oxygens (including phenoxy) is 1. The first kappa shape index (κ1) is 18.0. The Balaban J connectivity index is 1.64. The van der Waals surface area contributed by atoms with Gasteiger partial charge in [0.1, 0.15) is 11.5 Å². The maximum Gasteiger partial charge on any atom is 0.137 e. The van der Waals surface area contributed by atoms with Gasteiger partial charge < -0.3 is 19.2 Å². The number of nitrogens with zero attached hydrogens (tertiary/aromatic N) is 4. The molecule has 5 rings (SSSR count). The summed E-state index contributed by atoms with van der Waals surface area (Å²) in [5, 5.41) is 1.03. The van der Waals surface area contributed by atoms with Crippen LogP contribution in [0.15, 0.2) is 55.1 Å². The molecular formula is C22H22FN5O. The number of morpholine rings is 1. The summed E-state index contributed by atoms with van der Waals surface area (Å²) in [6.45, 7) is 3.25. The van der Waals surface area contributed by atoms with Crippen LogP contribution in [0.1, 0.15) is 0 Å². The third kappa shape index (κ3) is 3.43. The molecule has 0 radical (unpaired) electrons. The van der Waals surface area contributed by atoms with E-state index in [0.717, 1.165) is 53.2 Å². The van der Waals surface area contributed by atoms with Crippen molar-refractivity contribution in [1.29, 1.82) is 0 Å². The summed E-state index contributed by atoms with van der Waals surface area (Å²) in [4.78, 5) is 14.6. The fourth-order valence-electron chi connectivity index (χ4n) is 3.99. The number of likely N-dealkylation sites (N-methyl/N-ethyl adjacent to an activating group) is 1. The fraction of sp³-hybridized carbons (Fsp3) is 0.273.